The molecule has 0 fully saturated rings. The number of rotatable bonds is 5. The molecule has 0 unspecified atom stereocenters. The SMILES string of the molecule is CCCc1ccc(NC(=O)CNC(=O)OC(C)(C)C)cc1. The second-order valence-corrected chi connectivity index (χ2v) is 5.85. The molecule has 0 aliphatic carbocycles. The van der Waals surface area contributed by atoms with Gasteiger partial charge >= 0.3 is 6.09 Å². The summed E-state index contributed by atoms with van der Waals surface area (Å²) in [6, 6.07) is 7.69. The molecule has 2 N–H and O–H groups in total. The number of aryl methyl sites for hydroxylation is 1. The predicted molar refractivity (Wildman–Crippen MR) is 83.3 cm³/mol. The molecular weight excluding hydrogens is 268 g/mol. The van der Waals surface area contributed by atoms with E-state index < -0.39 is 11.7 Å². The third-order valence-corrected chi connectivity index (χ3v) is 2.57. The lowest BCUT2D eigenvalue weighted by Crippen LogP contribution is -2.37. The Morgan fingerprint density at radius 1 is 1.14 bits per heavy atom. The molecule has 2 amide bonds. The lowest BCUT2D eigenvalue weighted by atomic mass is 10.1. The van der Waals surface area contributed by atoms with Gasteiger partial charge in [0.1, 0.15) is 12.1 Å². The fraction of sp³-hybridized carbons (Fsp3) is 0.500. The van der Waals surface area contributed by atoms with Gasteiger partial charge in [-0.05, 0) is 44.9 Å². The Morgan fingerprint density at radius 3 is 2.29 bits per heavy atom. The topological polar surface area (TPSA) is 67.4 Å². The van der Waals surface area contributed by atoms with Gasteiger partial charge in [0.15, 0.2) is 0 Å². The van der Waals surface area contributed by atoms with E-state index in [2.05, 4.69) is 17.6 Å². The minimum atomic E-state index is -0.601. The van der Waals surface area contributed by atoms with Crippen LogP contribution in [0, 0.1) is 0 Å². The van der Waals surface area contributed by atoms with E-state index in [0.29, 0.717) is 5.69 Å². The van der Waals surface area contributed by atoms with Crippen LogP contribution in [0.15, 0.2) is 24.3 Å². The van der Waals surface area contributed by atoms with E-state index in [1.165, 1.54) is 5.56 Å². The van der Waals surface area contributed by atoms with E-state index in [4.69, 9.17) is 4.74 Å². The van der Waals surface area contributed by atoms with E-state index in [9.17, 15) is 9.59 Å². The number of alkyl carbamates (subject to hydrolysis) is 1. The van der Waals surface area contributed by atoms with Gasteiger partial charge in [0.05, 0.1) is 0 Å². The molecule has 1 aromatic carbocycles. The Hall–Kier alpha value is -2.04. The number of amides is 2. The van der Waals surface area contributed by atoms with Gasteiger partial charge in [-0.3, -0.25) is 4.79 Å². The lowest BCUT2D eigenvalue weighted by Gasteiger charge is -2.19. The van der Waals surface area contributed by atoms with Crippen molar-refractivity contribution in [1.82, 2.24) is 5.32 Å². The van der Waals surface area contributed by atoms with Crippen LogP contribution >= 0.6 is 0 Å². The van der Waals surface area contributed by atoms with Gasteiger partial charge in [0.25, 0.3) is 0 Å². The maximum Gasteiger partial charge on any atom is 0.408 e. The van der Waals surface area contributed by atoms with Crippen LogP contribution in [0.5, 0.6) is 0 Å². The summed E-state index contributed by atoms with van der Waals surface area (Å²) in [5, 5.41) is 5.14. The van der Waals surface area contributed by atoms with Gasteiger partial charge in [0.2, 0.25) is 5.91 Å². The Labute approximate surface area is 126 Å². The van der Waals surface area contributed by atoms with Crippen molar-refractivity contribution in [3.8, 4) is 0 Å². The van der Waals surface area contributed by atoms with E-state index >= 15 is 0 Å². The van der Waals surface area contributed by atoms with Gasteiger partial charge in [0, 0.05) is 5.69 Å². The predicted octanol–water partition coefficient (Wildman–Crippen LogP) is 3.10. The average Bonchev–Trinajstić information content (AvgIpc) is 2.37. The molecule has 0 aliphatic heterocycles. The normalized spacial score (nSPS) is 10.9. The molecule has 5 nitrogen and oxygen atoms in total. The highest BCUT2D eigenvalue weighted by molar-refractivity contribution is 5.93. The molecule has 0 aliphatic rings. The standard InChI is InChI=1S/C16H24N2O3/c1-5-6-12-7-9-13(10-8-12)18-14(19)11-17-15(20)21-16(2,3)4/h7-10H,5-6,11H2,1-4H3,(H,17,20)(H,18,19). The molecule has 0 heterocycles. The van der Waals surface area contributed by atoms with Crippen LogP contribution in [0.3, 0.4) is 0 Å². The highest BCUT2D eigenvalue weighted by Crippen LogP contribution is 2.11. The van der Waals surface area contributed by atoms with Gasteiger partial charge in [-0.25, -0.2) is 4.79 Å². The summed E-state index contributed by atoms with van der Waals surface area (Å²) in [6.45, 7) is 7.31. The summed E-state index contributed by atoms with van der Waals surface area (Å²) in [5.41, 5.74) is 1.38. The Kier molecular flexibility index (Phi) is 6.21. The summed E-state index contributed by atoms with van der Waals surface area (Å²) < 4.78 is 5.05. The highest BCUT2D eigenvalue weighted by Gasteiger charge is 2.16. The van der Waals surface area contributed by atoms with Crippen LogP contribution in [0.2, 0.25) is 0 Å². The number of hydrogen-bond acceptors (Lipinski definition) is 3. The molecule has 1 aromatic rings. The summed E-state index contributed by atoms with van der Waals surface area (Å²) in [7, 11) is 0. The minimum absolute atomic E-state index is 0.119. The lowest BCUT2D eigenvalue weighted by molar-refractivity contribution is -0.115. The molecule has 0 bridgehead atoms. The van der Waals surface area contributed by atoms with Gasteiger partial charge in [-0.2, -0.15) is 0 Å². The molecule has 0 spiro atoms. The Bertz CT molecular complexity index is 475. The Balaban J connectivity index is 2.38. The zero-order valence-electron chi connectivity index (χ0n) is 13.2. The third kappa shape index (κ3) is 7.34. The summed E-state index contributed by atoms with van der Waals surface area (Å²) in [4.78, 5) is 23.1. The maximum atomic E-state index is 11.7. The fourth-order valence-electron chi connectivity index (χ4n) is 1.72. The quantitative estimate of drug-likeness (QED) is 0.876. The number of benzene rings is 1. The Morgan fingerprint density at radius 2 is 1.76 bits per heavy atom. The molecule has 0 radical (unpaired) electrons. The molecular formula is C16H24N2O3. The first-order valence-electron chi connectivity index (χ1n) is 7.16. The van der Waals surface area contributed by atoms with E-state index in [0.717, 1.165) is 12.8 Å². The molecule has 116 valence electrons. The summed E-state index contributed by atoms with van der Waals surface area (Å²) in [5.74, 6) is -0.288. The summed E-state index contributed by atoms with van der Waals surface area (Å²) in [6.07, 6.45) is 1.51. The van der Waals surface area contributed by atoms with E-state index in [-0.39, 0.29) is 12.5 Å². The number of carbonyl (C=O) groups is 2. The minimum Gasteiger partial charge on any atom is -0.444 e. The first kappa shape index (κ1) is 17.0. The largest absolute Gasteiger partial charge is 0.444 e. The average molecular weight is 292 g/mol. The number of carbonyl (C=O) groups excluding carboxylic acids is 2. The van der Waals surface area contributed by atoms with Crippen molar-refractivity contribution in [2.24, 2.45) is 0 Å². The zero-order chi connectivity index (χ0) is 15.9. The second kappa shape index (κ2) is 7.67. The third-order valence-electron chi connectivity index (χ3n) is 2.57. The van der Waals surface area contributed by atoms with Gasteiger partial charge in [-0.15, -0.1) is 0 Å². The molecule has 0 aromatic heterocycles. The monoisotopic (exact) mass is 292 g/mol. The highest BCUT2D eigenvalue weighted by atomic mass is 16.6. The molecule has 1 rings (SSSR count). The van der Waals surface area contributed by atoms with Crippen LogP contribution in [0.4, 0.5) is 10.5 Å². The van der Waals surface area contributed by atoms with Crippen molar-refractivity contribution in [1.29, 1.82) is 0 Å². The molecule has 0 atom stereocenters. The maximum absolute atomic E-state index is 11.7. The van der Waals surface area contributed by atoms with Crippen molar-refractivity contribution in [2.45, 2.75) is 46.1 Å². The van der Waals surface area contributed by atoms with Crippen molar-refractivity contribution >= 4 is 17.7 Å². The van der Waals surface area contributed by atoms with E-state index in [1.54, 1.807) is 20.8 Å². The first-order valence-corrected chi connectivity index (χ1v) is 7.16. The van der Waals surface area contributed by atoms with Gasteiger partial charge < -0.3 is 15.4 Å². The molecule has 5 heteroatoms. The first-order chi connectivity index (χ1) is 9.80. The van der Waals surface area contributed by atoms with Crippen LogP contribution in [-0.2, 0) is 16.0 Å². The van der Waals surface area contributed by atoms with Crippen molar-refractivity contribution in [3.63, 3.8) is 0 Å². The van der Waals surface area contributed by atoms with Crippen molar-refractivity contribution in [3.05, 3.63) is 29.8 Å². The van der Waals surface area contributed by atoms with Crippen LogP contribution in [0.25, 0.3) is 0 Å². The fourth-order valence-corrected chi connectivity index (χ4v) is 1.72. The number of anilines is 1. The molecule has 0 saturated heterocycles. The smallest absolute Gasteiger partial charge is 0.408 e. The summed E-state index contributed by atoms with van der Waals surface area (Å²) >= 11 is 0. The number of ether oxygens (including phenoxy) is 1. The number of hydrogen-bond donors (Lipinski definition) is 2. The molecule has 21 heavy (non-hydrogen) atoms. The van der Waals surface area contributed by atoms with Crippen LogP contribution in [-0.4, -0.2) is 24.1 Å². The second-order valence-electron chi connectivity index (χ2n) is 5.85. The van der Waals surface area contributed by atoms with Crippen LogP contribution < -0.4 is 10.6 Å². The van der Waals surface area contributed by atoms with Gasteiger partial charge in [-0.1, -0.05) is 25.5 Å². The molecule has 0 saturated carbocycles. The number of nitrogens with one attached hydrogen (secondary N) is 2. The van der Waals surface area contributed by atoms with Crippen molar-refractivity contribution in [2.75, 3.05) is 11.9 Å². The van der Waals surface area contributed by atoms with E-state index in [1.807, 2.05) is 24.3 Å². The van der Waals surface area contributed by atoms with Crippen molar-refractivity contribution < 1.29 is 14.3 Å². The van der Waals surface area contributed by atoms with Crippen LogP contribution in [0.1, 0.15) is 39.7 Å². The zero-order valence-corrected chi connectivity index (χ0v) is 13.2.